The fraction of sp³-hybridized carbons (Fsp3) is 0.125. The zero-order valence-corrected chi connectivity index (χ0v) is 17.0. The standard InChI is InChI=1S/C24H20F2N2O3/c1-15-20(24(29)27-14-19-4-3-11-31-19)13-23(16-5-8-18(30-2)9-6-16)28(15)22-10-7-17(25)12-21(22)26/h3-13H,14H2,1-2H3,(H,27,29). The number of carbonyl (C=O) groups is 1. The Bertz CT molecular complexity index is 1210. The lowest BCUT2D eigenvalue weighted by molar-refractivity contribution is 0.0947. The number of hydrogen-bond donors (Lipinski definition) is 1. The van der Waals surface area contributed by atoms with E-state index >= 15 is 0 Å². The van der Waals surface area contributed by atoms with Gasteiger partial charge in [0.15, 0.2) is 0 Å². The summed E-state index contributed by atoms with van der Waals surface area (Å²) in [5, 5.41) is 2.81. The quantitative estimate of drug-likeness (QED) is 0.461. The Morgan fingerprint density at radius 2 is 1.87 bits per heavy atom. The normalized spacial score (nSPS) is 10.8. The van der Waals surface area contributed by atoms with Crippen molar-refractivity contribution in [2.24, 2.45) is 0 Å². The van der Waals surface area contributed by atoms with Crippen LogP contribution in [0.1, 0.15) is 21.8 Å². The summed E-state index contributed by atoms with van der Waals surface area (Å²) in [5.74, 6) is -0.442. The fourth-order valence-electron chi connectivity index (χ4n) is 3.46. The minimum atomic E-state index is -0.726. The Hall–Kier alpha value is -3.87. The van der Waals surface area contributed by atoms with E-state index in [1.165, 1.54) is 18.4 Å². The average Bonchev–Trinajstić information content (AvgIpc) is 3.40. The molecule has 4 rings (SSSR count). The zero-order valence-electron chi connectivity index (χ0n) is 17.0. The molecule has 2 aromatic carbocycles. The lowest BCUT2D eigenvalue weighted by atomic mass is 10.1. The Balaban J connectivity index is 1.79. The number of nitrogens with one attached hydrogen (secondary N) is 1. The number of carbonyl (C=O) groups excluding carboxylic acids is 1. The van der Waals surface area contributed by atoms with Gasteiger partial charge in [0.1, 0.15) is 23.1 Å². The van der Waals surface area contributed by atoms with Gasteiger partial charge in [0.05, 0.1) is 36.9 Å². The number of amides is 1. The van der Waals surface area contributed by atoms with Crippen molar-refractivity contribution >= 4 is 5.91 Å². The first kappa shape index (κ1) is 20.4. The molecule has 5 nitrogen and oxygen atoms in total. The number of ether oxygens (including phenoxy) is 1. The van der Waals surface area contributed by atoms with Gasteiger partial charge < -0.3 is 19.0 Å². The molecule has 0 atom stereocenters. The number of benzene rings is 2. The van der Waals surface area contributed by atoms with Crippen LogP contribution < -0.4 is 10.1 Å². The number of furan rings is 1. The van der Waals surface area contributed by atoms with Gasteiger partial charge in [-0.2, -0.15) is 0 Å². The predicted octanol–water partition coefficient (Wildman–Crippen LogP) is 5.26. The molecule has 0 saturated carbocycles. The lowest BCUT2D eigenvalue weighted by Gasteiger charge is -2.14. The van der Waals surface area contributed by atoms with Crippen molar-refractivity contribution in [3.63, 3.8) is 0 Å². The third-order valence-electron chi connectivity index (χ3n) is 5.03. The zero-order chi connectivity index (χ0) is 22.0. The van der Waals surface area contributed by atoms with E-state index in [1.807, 2.05) is 12.1 Å². The summed E-state index contributed by atoms with van der Waals surface area (Å²) in [5.41, 5.74) is 2.38. The Labute approximate surface area is 177 Å². The van der Waals surface area contributed by atoms with Crippen LogP contribution >= 0.6 is 0 Å². The van der Waals surface area contributed by atoms with E-state index in [1.54, 1.807) is 48.9 Å². The van der Waals surface area contributed by atoms with Gasteiger partial charge in [-0.05, 0) is 67.1 Å². The average molecular weight is 422 g/mol. The van der Waals surface area contributed by atoms with Crippen molar-refractivity contribution < 1.29 is 22.7 Å². The summed E-state index contributed by atoms with van der Waals surface area (Å²) in [7, 11) is 1.57. The maximum atomic E-state index is 14.7. The summed E-state index contributed by atoms with van der Waals surface area (Å²) >= 11 is 0. The molecule has 2 heterocycles. The Kier molecular flexibility index (Phi) is 5.58. The molecule has 2 aromatic heterocycles. The molecule has 158 valence electrons. The predicted molar refractivity (Wildman–Crippen MR) is 112 cm³/mol. The van der Waals surface area contributed by atoms with Gasteiger partial charge >= 0.3 is 0 Å². The van der Waals surface area contributed by atoms with Gasteiger partial charge in [0, 0.05) is 11.8 Å². The SMILES string of the molecule is COc1ccc(-c2cc(C(=O)NCc3ccco3)c(C)n2-c2ccc(F)cc2F)cc1. The second-order valence-corrected chi connectivity index (χ2v) is 6.95. The topological polar surface area (TPSA) is 56.4 Å². The van der Waals surface area contributed by atoms with Gasteiger partial charge in [0.2, 0.25) is 0 Å². The van der Waals surface area contributed by atoms with Crippen LogP contribution in [0, 0.1) is 18.6 Å². The van der Waals surface area contributed by atoms with Crippen LogP contribution in [0.15, 0.2) is 71.3 Å². The first-order chi connectivity index (χ1) is 15.0. The summed E-state index contributed by atoms with van der Waals surface area (Å²) in [6.07, 6.45) is 1.53. The maximum absolute atomic E-state index is 14.7. The van der Waals surface area contributed by atoms with Crippen LogP contribution in [0.5, 0.6) is 5.75 Å². The van der Waals surface area contributed by atoms with Crippen LogP contribution in [-0.4, -0.2) is 17.6 Å². The van der Waals surface area contributed by atoms with E-state index in [9.17, 15) is 13.6 Å². The van der Waals surface area contributed by atoms with Crippen molar-refractivity contribution in [1.82, 2.24) is 9.88 Å². The van der Waals surface area contributed by atoms with Gasteiger partial charge in [-0.25, -0.2) is 8.78 Å². The second-order valence-electron chi connectivity index (χ2n) is 6.95. The third-order valence-corrected chi connectivity index (χ3v) is 5.03. The molecule has 4 aromatic rings. The number of methoxy groups -OCH3 is 1. The molecule has 0 aliphatic rings. The molecular weight excluding hydrogens is 402 g/mol. The monoisotopic (exact) mass is 422 g/mol. The lowest BCUT2D eigenvalue weighted by Crippen LogP contribution is -2.23. The van der Waals surface area contributed by atoms with Crippen LogP contribution in [0.3, 0.4) is 0 Å². The van der Waals surface area contributed by atoms with Crippen molar-refractivity contribution in [3.05, 3.63) is 95.6 Å². The molecular formula is C24H20F2N2O3. The number of aromatic nitrogens is 1. The summed E-state index contributed by atoms with van der Waals surface area (Å²) in [4.78, 5) is 12.9. The summed E-state index contributed by atoms with van der Waals surface area (Å²) in [6, 6.07) is 15.7. The fourth-order valence-corrected chi connectivity index (χ4v) is 3.46. The van der Waals surface area contributed by atoms with E-state index in [0.29, 0.717) is 28.5 Å². The molecule has 1 amide bonds. The van der Waals surface area contributed by atoms with E-state index in [-0.39, 0.29) is 18.1 Å². The molecule has 0 unspecified atom stereocenters. The van der Waals surface area contributed by atoms with Crippen LogP contribution in [-0.2, 0) is 6.54 Å². The van der Waals surface area contributed by atoms with Crippen molar-refractivity contribution in [2.75, 3.05) is 7.11 Å². The molecule has 0 aliphatic heterocycles. The highest BCUT2D eigenvalue weighted by Gasteiger charge is 2.21. The van der Waals surface area contributed by atoms with Gasteiger partial charge in [-0.15, -0.1) is 0 Å². The Morgan fingerprint density at radius 3 is 2.52 bits per heavy atom. The molecule has 7 heteroatoms. The van der Waals surface area contributed by atoms with Crippen LogP contribution in [0.25, 0.3) is 16.9 Å². The van der Waals surface area contributed by atoms with Crippen molar-refractivity contribution in [1.29, 1.82) is 0 Å². The van der Waals surface area contributed by atoms with Gasteiger partial charge in [-0.1, -0.05) is 0 Å². The smallest absolute Gasteiger partial charge is 0.253 e. The molecule has 1 N–H and O–H groups in total. The number of halogens is 2. The van der Waals surface area contributed by atoms with Crippen molar-refractivity contribution in [2.45, 2.75) is 13.5 Å². The number of nitrogens with zero attached hydrogens (tertiary/aromatic N) is 1. The highest BCUT2D eigenvalue weighted by Crippen LogP contribution is 2.32. The molecule has 0 aliphatic carbocycles. The van der Waals surface area contributed by atoms with Crippen LogP contribution in [0.2, 0.25) is 0 Å². The molecule has 0 spiro atoms. The maximum Gasteiger partial charge on any atom is 0.253 e. The Morgan fingerprint density at radius 1 is 1.10 bits per heavy atom. The molecule has 0 fully saturated rings. The van der Waals surface area contributed by atoms with Gasteiger partial charge in [-0.3, -0.25) is 4.79 Å². The molecule has 0 bridgehead atoms. The van der Waals surface area contributed by atoms with E-state index in [2.05, 4.69) is 5.32 Å². The molecule has 0 radical (unpaired) electrons. The van der Waals surface area contributed by atoms with E-state index in [4.69, 9.17) is 9.15 Å². The highest BCUT2D eigenvalue weighted by molar-refractivity contribution is 5.97. The number of hydrogen-bond acceptors (Lipinski definition) is 3. The number of rotatable bonds is 6. The van der Waals surface area contributed by atoms with Crippen LogP contribution in [0.4, 0.5) is 8.78 Å². The largest absolute Gasteiger partial charge is 0.497 e. The van der Waals surface area contributed by atoms with Gasteiger partial charge in [0.25, 0.3) is 5.91 Å². The molecule has 31 heavy (non-hydrogen) atoms. The minimum absolute atomic E-state index is 0.148. The summed E-state index contributed by atoms with van der Waals surface area (Å²) < 4.78 is 40.2. The first-order valence-corrected chi connectivity index (χ1v) is 9.60. The second kappa shape index (κ2) is 8.47. The van der Waals surface area contributed by atoms with Crippen molar-refractivity contribution in [3.8, 4) is 22.7 Å². The minimum Gasteiger partial charge on any atom is -0.497 e. The highest BCUT2D eigenvalue weighted by atomic mass is 19.1. The van der Waals surface area contributed by atoms with E-state index in [0.717, 1.165) is 11.6 Å². The first-order valence-electron chi connectivity index (χ1n) is 9.60. The summed E-state index contributed by atoms with van der Waals surface area (Å²) in [6.45, 7) is 1.94. The van der Waals surface area contributed by atoms with E-state index < -0.39 is 11.6 Å². The molecule has 0 saturated heterocycles. The third kappa shape index (κ3) is 4.07.